The molecule has 0 aliphatic carbocycles. The van der Waals surface area contributed by atoms with Gasteiger partial charge in [0.1, 0.15) is 5.82 Å². The number of halogens is 1. The summed E-state index contributed by atoms with van der Waals surface area (Å²) in [7, 11) is 0. The van der Waals surface area contributed by atoms with Crippen molar-refractivity contribution in [3.63, 3.8) is 0 Å². The Morgan fingerprint density at radius 1 is 1.24 bits per heavy atom. The zero-order chi connectivity index (χ0) is 15.4. The number of carbonyl (C=O) groups excluding carboxylic acids is 1. The number of hydrogen-bond donors (Lipinski definition) is 0. The van der Waals surface area contributed by atoms with Gasteiger partial charge in [-0.1, -0.05) is 13.8 Å². The number of hydrogen-bond acceptors (Lipinski definition) is 2. The van der Waals surface area contributed by atoms with Crippen LogP contribution < -0.4 is 0 Å². The minimum Gasteiger partial charge on any atom is -0.336 e. The summed E-state index contributed by atoms with van der Waals surface area (Å²) in [5.74, 6) is 0.449. The van der Waals surface area contributed by atoms with E-state index in [-0.39, 0.29) is 11.7 Å². The second-order valence-electron chi connectivity index (χ2n) is 6.28. The van der Waals surface area contributed by atoms with Crippen molar-refractivity contribution < 1.29 is 9.18 Å². The maximum absolute atomic E-state index is 13.1. The van der Waals surface area contributed by atoms with Crippen LogP contribution in [0.5, 0.6) is 0 Å². The van der Waals surface area contributed by atoms with Crippen LogP contribution in [-0.2, 0) is 0 Å². The van der Waals surface area contributed by atoms with E-state index in [9.17, 15) is 9.18 Å². The van der Waals surface area contributed by atoms with Gasteiger partial charge in [-0.05, 0) is 49.6 Å². The molecule has 21 heavy (non-hydrogen) atoms. The van der Waals surface area contributed by atoms with Crippen molar-refractivity contribution in [1.29, 1.82) is 0 Å². The third-order valence-corrected chi connectivity index (χ3v) is 4.10. The van der Waals surface area contributed by atoms with Crippen LogP contribution in [0.2, 0.25) is 0 Å². The van der Waals surface area contributed by atoms with Crippen LogP contribution in [0.1, 0.15) is 36.2 Å². The van der Waals surface area contributed by atoms with E-state index >= 15 is 0 Å². The molecule has 4 heteroatoms. The molecule has 116 valence electrons. The first kappa shape index (κ1) is 16.0. The molecular weight excluding hydrogens is 267 g/mol. The molecule has 1 aliphatic rings. The van der Waals surface area contributed by atoms with Crippen LogP contribution in [0.3, 0.4) is 0 Å². The van der Waals surface area contributed by atoms with E-state index in [0.717, 1.165) is 32.7 Å². The lowest BCUT2D eigenvalue weighted by molar-refractivity contribution is 0.0631. The zero-order valence-corrected chi connectivity index (χ0v) is 13.2. The lowest BCUT2D eigenvalue weighted by Crippen LogP contribution is -2.49. The topological polar surface area (TPSA) is 23.6 Å². The quantitative estimate of drug-likeness (QED) is 0.852. The summed E-state index contributed by atoms with van der Waals surface area (Å²) in [5.41, 5.74) is 1.33. The minimum atomic E-state index is -0.289. The van der Waals surface area contributed by atoms with E-state index in [0.29, 0.717) is 17.0 Å². The van der Waals surface area contributed by atoms with Crippen LogP contribution in [0.25, 0.3) is 0 Å². The third kappa shape index (κ3) is 4.27. The highest BCUT2D eigenvalue weighted by Crippen LogP contribution is 2.15. The summed E-state index contributed by atoms with van der Waals surface area (Å²) in [6, 6.07) is 4.38. The predicted octanol–water partition coefficient (Wildman–Crippen LogP) is 2.94. The summed E-state index contributed by atoms with van der Waals surface area (Å²) in [6.07, 6.45) is 1.20. The van der Waals surface area contributed by atoms with E-state index in [4.69, 9.17) is 0 Å². The van der Waals surface area contributed by atoms with Gasteiger partial charge < -0.3 is 4.90 Å². The number of rotatable bonds is 4. The molecule has 2 rings (SSSR count). The van der Waals surface area contributed by atoms with Gasteiger partial charge in [0, 0.05) is 31.7 Å². The SMILES string of the molecule is Cc1cc(F)ccc1C(=O)N1CCN(CCC(C)C)CC1. The largest absolute Gasteiger partial charge is 0.336 e. The molecule has 0 saturated carbocycles. The van der Waals surface area contributed by atoms with E-state index in [1.165, 1.54) is 18.6 Å². The van der Waals surface area contributed by atoms with Gasteiger partial charge >= 0.3 is 0 Å². The molecule has 0 bridgehead atoms. The lowest BCUT2D eigenvalue weighted by Gasteiger charge is -2.35. The van der Waals surface area contributed by atoms with Gasteiger partial charge in [0.25, 0.3) is 5.91 Å². The van der Waals surface area contributed by atoms with E-state index in [1.807, 2.05) is 4.90 Å². The Labute approximate surface area is 126 Å². The highest BCUT2D eigenvalue weighted by Gasteiger charge is 2.23. The van der Waals surface area contributed by atoms with Crippen molar-refractivity contribution in [3.05, 3.63) is 35.1 Å². The first-order valence-corrected chi connectivity index (χ1v) is 7.75. The Balaban J connectivity index is 1.91. The van der Waals surface area contributed by atoms with Gasteiger partial charge in [-0.2, -0.15) is 0 Å². The lowest BCUT2D eigenvalue weighted by atomic mass is 10.1. The van der Waals surface area contributed by atoms with Crippen molar-refractivity contribution in [2.24, 2.45) is 5.92 Å². The first-order chi connectivity index (χ1) is 9.97. The molecule has 0 radical (unpaired) electrons. The van der Waals surface area contributed by atoms with Gasteiger partial charge in [0.05, 0.1) is 0 Å². The Morgan fingerprint density at radius 2 is 1.90 bits per heavy atom. The van der Waals surface area contributed by atoms with Crippen molar-refractivity contribution in [3.8, 4) is 0 Å². The average molecular weight is 292 g/mol. The molecule has 0 unspecified atom stereocenters. The second-order valence-corrected chi connectivity index (χ2v) is 6.28. The summed E-state index contributed by atoms with van der Waals surface area (Å²) in [6.45, 7) is 10.7. The van der Waals surface area contributed by atoms with Crippen molar-refractivity contribution in [2.75, 3.05) is 32.7 Å². The molecule has 1 heterocycles. The average Bonchev–Trinajstić information content (AvgIpc) is 2.45. The minimum absolute atomic E-state index is 0.0241. The third-order valence-electron chi connectivity index (χ3n) is 4.10. The molecule has 1 aromatic carbocycles. The molecule has 0 atom stereocenters. The molecule has 0 spiro atoms. The van der Waals surface area contributed by atoms with Crippen molar-refractivity contribution >= 4 is 5.91 Å². The smallest absolute Gasteiger partial charge is 0.254 e. The standard InChI is InChI=1S/C17H25FN2O/c1-13(2)6-7-19-8-10-20(11-9-19)17(21)16-5-4-15(18)12-14(16)3/h4-5,12-13H,6-11H2,1-3H3. The number of carbonyl (C=O) groups is 1. The van der Waals surface area contributed by atoms with E-state index < -0.39 is 0 Å². The Morgan fingerprint density at radius 3 is 2.48 bits per heavy atom. The summed E-state index contributed by atoms with van der Waals surface area (Å²) in [4.78, 5) is 16.8. The highest BCUT2D eigenvalue weighted by atomic mass is 19.1. The second kappa shape index (κ2) is 7.03. The van der Waals surface area contributed by atoms with Gasteiger partial charge in [-0.3, -0.25) is 9.69 Å². The summed E-state index contributed by atoms with van der Waals surface area (Å²) >= 11 is 0. The number of benzene rings is 1. The van der Waals surface area contributed by atoms with Crippen LogP contribution in [0.4, 0.5) is 4.39 Å². The predicted molar refractivity (Wildman–Crippen MR) is 82.9 cm³/mol. The maximum atomic E-state index is 13.1. The summed E-state index contributed by atoms with van der Waals surface area (Å²) < 4.78 is 13.1. The van der Waals surface area contributed by atoms with Crippen LogP contribution >= 0.6 is 0 Å². The van der Waals surface area contributed by atoms with Crippen LogP contribution in [0, 0.1) is 18.7 Å². The van der Waals surface area contributed by atoms with Gasteiger partial charge in [-0.15, -0.1) is 0 Å². The number of amides is 1. The van der Waals surface area contributed by atoms with Gasteiger partial charge in [0.15, 0.2) is 0 Å². The molecule has 3 nitrogen and oxygen atoms in total. The molecule has 1 aliphatic heterocycles. The van der Waals surface area contributed by atoms with Crippen molar-refractivity contribution in [2.45, 2.75) is 27.2 Å². The zero-order valence-electron chi connectivity index (χ0n) is 13.2. The van der Waals surface area contributed by atoms with Crippen molar-refractivity contribution in [1.82, 2.24) is 9.80 Å². The normalized spacial score (nSPS) is 16.5. The van der Waals surface area contributed by atoms with Gasteiger partial charge in [0.2, 0.25) is 0 Å². The number of aryl methyl sites for hydroxylation is 1. The van der Waals surface area contributed by atoms with Crippen LogP contribution in [0.15, 0.2) is 18.2 Å². The molecule has 0 aromatic heterocycles. The van der Waals surface area contributed by atoms with E-state index in [2.05, 4.69) is 18.7 Å². The molecule has 1 amide bonds. The Kier molecular flexibility index (Phi) is 5.34. The number of piperazine rings is 1. The summed E-state index contributed by atoms with van der Waals surface area (Å²) in [5, 5.41) is 0. The Hall–Kier alpha value is -1.42. The fourth-order valence-electron chi connectivity index (χ4n) is 2.65. The molecule has 1 saturated heterocycles. The Bertz CT molecular complexity index is 494. The van der Waals surface area contributed by atoms with Gasteiger partial charge in [-0.25, -0.2) is 4.39 Å². The van der Waals surface area contributed by atoms with E-state index in [1.54, 1.807) is 13.0 Å². The molecule has 1 fully saturated rings. The monoisotopic (exact) mass is 292 g/mol. The highest BCUT2D eigenvalue weighted by molar-refractivity contribution is 5.95. The fraction of sp³-hybridized carbons (Fsp3) is 0.588. The molecule has 0 N–H and O–H groups in total. The first-order valence-electron chi connectivity index (χ1n) is 7.75. The fourth-order valence-corrected chi connectivity index (χ4v) is 2.65. The molecule has 1 aromatic rings. The molecular formula is C17H25FN2O. The van der Waals surface area contributed by atoms with Crippen LogP contribution in [-0.4, -0.2) is 48.4 Å². The number of nitrogens with zero attached hydrogens (tertiary/aromatic N) is 2. The maximum Gasteiger partial charge on any atom is 0.254 e.